The predicted octanol–water partition coefficient (Wildman–Crippen LogP) is 0.464. The van der Waals surface area contributed by atoms with Gasteiger partial charge in [0.15, 0.2) is 23.9 Å². The number of benzene rings is 2. The Morgan fingerprint density at radius 1 is 0.818 bits per heavy atom. The van der Waals surface area contributed by atoms with Gasteiger partial charge in [-0.05, 0) is 29.0 Å². The van der Waals surface area contributed by atoms with Crippen molar-refractivity contribution < 1.29 is 26.3 Å². The number of ether oxygens (including phenoxy) is 2. The molecule has 0 atom stereocenters. The molecule has 0 aliphatic carbocycles. The van der Waals surface area contributed by atoms with Crippen LogP contribution in [0.4, 0.5) is 0 Å². The number of hydrogen-bond acceptors (Lipinski definition) is 2. The highest BCUT2D eigenvalue weighted by Gasteiger charge is 2.17. The van der Waals surface area contributed by atoms with E-state index in [0.717, 1.165) is 16.9 Å². The number of pyridine rings is 2. The van der Waals surface area contributed by atoms with Crippen molar-refractivity contribution >= 4 is 27.1 Å². The van der Waals surface area contributed by atoms with Crippen molar-refractivity contribution in [3.8, 4) is 11.5 Å². The van der Waals surface area contributed by atoms with Crippen LogP contribution in [0.25, 0.3) is 27.1 Å². The Balaban J connectivity index is 0.00000125. The van der Waals surface area contributed by atoms with Crippen LogP contribution in [-0.4, -0.2) is 6.79 Å². The summed E-state index contributed by atoms with van der Waals surface area (Å²) in [6, 6.07) is 16.9. The Kier molecular flexibility index (Phi) is 2.84. The van der Waals surface area contributed by atoms with Gasteiger partial charge in [0.25, 0.3) is 0 Å². The highest BCUT2D eigenvalue weighted by Crippen LogP contribution is 2.36. The molecule has 3 heterocycles. The topological polar surface area (TPSA) is 22.6 Å². The minimum atomic E-state index is 0. The van der Waals surface area contributed by atoms with Crippen molar-refractivity contribution in [1.82, 2.24) is 0 Å². The van der Waals surface area contributed by atoms with Crippen LogP contribution in [0.5, 0.6) is 11.5 Å². The van der Waals surface area contributed by atoms with Crippen LogP contribution in [0.15, 0.2) is 60.9 Å². The minimum Gasteiger partial charge on any atom is -1.00 e. The number of fused-ring (bicyclic) bond motifs is 5. The van der Waals surface area contributed by atoms with Gasteiger partial charge in [0.05, 0.1) is 5.39 Å². The normalized spacial score (nSPS) is 12.7. The van der Waals surface area contributed by atoms with Gasteiger partial charge in [-0.2, -0.15) is 4.40 Å². The molecule has 0 fully saturated rings. The van der Waals surface area contributed by atoms with E-state index in [4.69, 9.17) is 9.47 Å². The largest absolute Gasteiger partial charge is 1.00 e. The van der Waals surface area contributed by atoms with Crippen LogP contribution in [0, 0.1) is 0 Å². The van der Waals surface area contributed by atoms with Crippen LogP contribution in [0.3, 0.4) is 0 Å². The van der Waals surface area contributed by atoms with Crippen LogP contribution < -0.4 is 26.3 Å². The highest BCUT2D eigenvalue weighted by molar-refractivity contribution is 5.98. The Labute approximate surface area is 133 Å². The fraction of sp³-hybridized carbons (Fsp3) is 0.0556. The maximum atomic E-state index is 5.51. The van der Waals surface area contributed by atoms with Gasteiger partial charge in [-0.25, -0.2) is 0 Å². The van der Waals surface area contributed by atoms with E-state index in [1.807, 2.05) is 6.07 Å². The lowest BCUT2D eigenvalue weighted by atomic mass is 10.1. The summed E-state index contributed by atoms with van der Waals surface area (Å²) in [5.74, 6) is 1.65. The molecule has 0 N–H and O–H groups in total. The number of hydrogen-bond donors (Lipinski definition) is 0. The molecule has 0 bridgehead atoms. The summed E-state index contributed by atoms with van der Waals surface area (Å²) in [6.45, 7) is 0.305. The Hall–Kier alpha value is -2.52. The molecular formula is C18H12ClNO2. The average molecular weight is 310 g/mol. The van der Waals surface area contributed by atoms with E-state index >= 15 is 0 Å². The maximum Gasteiger partial charge on any atom is 0.231 e. The van der Waals surface area contributed by atoms with Crippen molar-refractivity contribution in [2.24, 2.45) is 0 Å². The van der Waals surface area contributed by atoms with E-state index in [2.05, 4.69) is 59.3 Å². The SMILES string of the molecule is [Cl-].c1ccc2c[n+]3ccc4cc5c(cc4c3cc2c1)OCO5. The third kappa shape index (κ3) is 1.79. The number of halogens is 1. The summed E-state index contributed by atoms with van der Waals surface area (Å²) < 4.78 is 13.1. The molecule has 2 aromatic heterocycles. The maximum absolute atomic E-state index is 5.51. The van der Waals surface area contributed by atoms with Gasteiger partial charge in [0.2, 0.25) is 12.3 Å². The van der Waals surface area contributed by atoms with E-state index < -0.39 is 0 Å². The molecule has 0 spiro atoms. The molecule has 5 rings (SSSR count). The summed E-state index contributed by atoms with van der Waals surface area (Å²) in [7, 11) is 0. The smallest absolute Gasteiger partial charge is 0.231 e. The Bertz CT molecular complexity index is 1030. The van der Waals surface area contributed by atoms with Crippen molar-refractivity contribution in [2.75, 3.05) is 6.79 Å². The van der Waals surface area contributed by atoms with Crippen molar-refractivity contribution in [3.05, 3.63) is 60.9 Å². The summed E-state index contributed by atoms with van der Waals surface area (Å²) in [5, 5.41) is 4.81. The molecule has 2 aromatic carbocycles. The van der Waals surface area contributed by atoms with Crippen molar-refractivity contribution in [1.29, 1.82) is 0 Å². The molecule has 3 nitrogen and oxygen atoms in total. The first kappa shape index (κ1) is 13.2. The predicted molar refractivity (Wildman–Crippen MR) is 80.7 cm³/mol. The second kappa shape index (κ2) is 4.75. The lowest BCUT2D eigenvalue weighted by molar-refractivity contribution is -0.509. The molecule has 0 saturated heterocycles. The number of rotatable bonds is 0. The highest BCUT2D eigenvalue weighted by atomic mass is 35.5. The molecular weight excluding hydrogens is 298 g/mol. The van der Waals surface area contributed by atoms with Crippen LogP contribution >= 0.6 is 0 Å². The second-order valence-electron chi connectivity index (χ2n) is 5.30. The fourth-order valence-electron chi connectivity index (χ4n) is 3.02. The van der Waals surface area contributed by atoms with Gasteiger partial charge in [0.1, 0.15) is 0 Å². The van der Waals surface area contributed by atoms with Crippen molar-refractivity contribution in [3.63, 3.8) is 0 Å². The van der Waals surface area contributed by atoms with Gasteiger partial charge in [-0.1, -0.05) is 18.2 Å². The van der Waals surface area contributed by atoms with Crippen molar-refractivity contribution in [2.45, 2.75) is 0 Å². The zero-order chi connectivity index (χ0) is 13.8. The molecule has 4 aromatic rings. The molecule has 4 heteroatoms. The molecule has 1 aliphatic rings. The van der Waals surface area contributed by atoms with E-state index in [1.54, 1.807) is 0 Å². The number of aromatic nitrogens is 1. The standard InChI is InChI=1S/C18H12NO2.ClH/c1-2-4-14-10-19-6-5-13-8-17-18(21-11-20-17)9-15(13)16(19)7-12(14)3-1;/h1-10H,11H2;1H/q+1;/p-1. The van der Waals surface area contributed by atoms with Crippen LogP contribution in [0.1, 0.15) is 0 Å². The first-order valence-corrected chi connectivity index (χ1v) is 6.95. The Morgan fingerprint density at radius 2 is 1.59 bits per heavy atom. The van der Waals surface area contributed by atoms with Gasteiger partial charge >= 0.3 is 0 Å². The zero-order valence-electron chi connectivity index (χ0n) is 11.6. The van der Waals surface area contributed by atoms with Gasteiger partial charge in [0, 0.05) is 17.5 Å². The summed E-state index contributed by atoms with van der Waals surface area (Å²) in [5.41, 5.74) is 1.17. The molecule has 0 radical (unpaired) electrons. The average Bonchev–Trinajstić information content (AvgIpc) is 2.98. The van der Waals surface area contributed by atoms with E-state index in [1.165, 1.54) is 21.7 Å². The van der Waals surface area contributed by atoms with Crippen LogP contribution in [-0.2, 0) is 0 Å². The third-order valence-electron chi connectivity index (χ3n) is 4.08. The molecule has 0 amide bonds. The molecule has 1 aliphatic heterocycles. The Morgan fingerprint density at radius 3 is 2.45 bits per heavy atom. The van der Waals surface area contributed by atoms with E-state index in [9.17, 15) is 0 Å². The molecule has 22 heavy (non-hydrogen) atoms. The quantitative estimate of drug-likeness (QED) is 0.268. The summed E-state index contributed by atoms with van der Waals surface area (Å²) in [4.78, 5) is 0. The summed E-state index contributed by atoms with van der Waals surface area (Å²) >= 11 is 0. The summed E-state index contributed by atoms with van der Waals surface area (Å²) in [6.07, 6.45) is 4.25. The monoisotopic (exact) mass is 309 g/mol. The first-order chi connectivity index (χ1) is 10.4. The molecule has 0 unspecified atom stereocenters. The third-order valence-corrected chi connectivity index (χ3v) is 4.08. The lowest BCUT2D eigenvalue weighted by Gasteiger charge is -2.02. The van der Waals surface area contributed by atoms with Gasteiger partial charge in [-0.15, -0.1) is 0 Å². The second-order valence-corrected chi connectivity index (χ2v) is 5.30. The van der Waals surface area contributed by atoms with Gasteiger partial charge < -0.3 is 21.9 Å². The van der Waals surface area contributed by atoms with E-state index in [-0.39, 0.29) is 12.4 Å². The van der Waals surface area contributed by atoms with Gasteiger partial charge in [-0.3, -0.25) is 0 Å². The lowest BCUT2D eigenvalue weighted by Crippen LogP contribution is -3.00. The zero-order valence-corrected chi connectivity index (χ0v) is 12.4. The molecule has 0 saturated carbocycles. The van der Waals surface area contributed by atoms with E-state index in [0.29, 0.717) is 6.79 Å². The minimum absolute atomic E-state index is 0. The van der Waals surface area contributed by atoms with Crippen LogP contribution in [0.2, 0.25) is 0 Å². The number of nitrogens with zero attached hydrogens (tertiary/aromatic N) is 1. The fourth-order valence-corrected chi connectivity index (χ4v) is 3.02. The first-order valence-electron chi connectivity index (χ1n) is 6.95. The molecule has 108 valence electrons.